The lowest BCUT2D eigenvalue weighted by Crippen LogP contribution is -2.60. The summed E-state index contributed by atoms with van der Waals surface area (Å²) in [6, 6.07) is 0. The number of carbonyl (C=O) groups excluding carboxylic acids is 3. The first-order valence-corrected chi connectivity index (χ1v) is 11.1. The Morgan fingerprint density at radius 1 is 1.38 bits per heavy atom. The molecule has 5 nitrogen and oxygen atoms in total. The Morgan fingerprint density at radius 3 is 2.88 bits per heavy atom. The molecule has 0 amide bonds. The lowest BCUT2D eigenvalue weighted by molar-refractivity contribution is -0.190. The molecule has 2 saturated carbocycles. The van der Waals surface area contributed by atoms with Gasteiger partial charge in [0.05, 0.1) is 0 Å². The number of esters is 1. The third-order valence-electron chi connectivity index (χ3n) is 8.53. The van der Waals surface area contributed by atoms with Crippen molar-refractivity contribution in [2.75, 3.05) is 6.61 Å². The number of hydrogen-bond donors (Lipinski definition) is 1. The van der Waals surface area contributed by atoms with Crippen LogP contribution in [0.4, 0.5) is 0 Å². The van der Waals surface area contributed by atoms with Crippen molar-refractivity contribution >= 4 is 17.5 Å². The fourth-order valence-corrected chi connectivity index (χ4v) is 7.09. The molecule has 4 aliphatic rings. The second kappa shape index (κ2) is 8.09. The zero-order chi connectivity index (χ0) is 31.2. The van der Waals surface area contributed by atoms with Gasteiger partial charge in [0.2, 0.25) is 5.78 Å². The quantitative estimate of drug-likeness (QED) is 0.477. The van der Waals surface area contributed by atoms with Gasteiger partial charge in [-0.1, -0.05) is 50.4 Å². The molecule has 32 heavy (non-hydrogen) atoms. The SMILES string of the molecule is [2H]C([2H])([2H])C([2H])([2H])C([2H])([2H])C([2H])([2H])C(=O)O[C@]1(C(=O)CO)[C@@H](C)C[C@H]2[C@@H]3CCC4=CC(=O)C=C[C@]4(C)C3=CC[C@@]21C. The Labute approximate surface area is 203 Å². The highest BCUT2D eigenvalue weighted by Gasteiger charge is 2.69. The van der Waals surface area contributed by atoms with E-state index >= 15 is 0 Å². The fraction of sp³-hybridized carbons (Fsp3) is 0.667. The van der Waals surface area contributed by atoms with E-state index in [1.165, 1.54) is 6.08 Å². The molecule has 0 radical (unpaired) electrons. The number of aliphatic hydroxyl groups is 1. The van der Waals surface area contributed by atoms with E-state index in [0.29, 0.717) is 19.3 Å². The van der Waals surface area contributed by atoms with E-state index in [1.54, 1.807) is 19.9 Å². The fourth-order valence-electron chi connectivity index (χ4n) is 7.09. The molecule has 5 heteroatoms. The van der Waals surface area contributed by atoms with Crippen molar-refractivity contribution < 1.29 is 36.6 Å². The molecule has 2 fully saturated rings. The Balaban J connectivity index is 1.79. The highest BCUT2D eigenvalue weighted by molar-refractivity contribution is 6.01. The van der Waals surface area contributed by atoms with Crippen LogP contribution in [0.2, 0.25) is 0 Å². The van der Waals surface area contributed by atoms with Gasteiger partial charge in [0.15, 0.2) is 11.4 Å². The Hall–Kier alpha value is -2.01. The van der Waals surface area contributed by atoms with Crippen molar-refractivity contribution in [2.24, 2.45) is 28.6 Å². The minimum Gasteiger partial charge on any atom is -0.450 e. The predicted molar refractivity (Wildman–Crippen MR) is 122 cm³/mol. The maximum atomic E-state index is 13.6. The van der Waals surface area contributed by atoms with Gasteiger partial charge in [0.1, 0.15) is 6.61 Å². The van der Waals surface area contributed by atoms with Crippen LogP contribution in [-0.4, -0.2) is 34.9 Å². The lowest BCUT2D eigenvalue weighted by atomic mass is 9.51. The monoisotopic (exact) mass is 449 g/mol. The van der Waals surface area contributed by atoms with E-state index in [-0.39, 0.29) is 24.0 Å². The maximum Gasteiger partial charge on any atom is 0.306 e. The number of allylic oxidation sites excluding steroid dienone is 6. The first-order chi connectivity index (χ1) is 18.6. The molecular weight excluding hydrogens is 404 g/mol. The normalized spacial score (nSPS) is 45.9. The van der Waals surface area contributed by atoms with E-state index in [1.807, 2.05) is 19.1 Å². The number of rotatable bonds is 6. The van der Waals surface area contributed by atoms with E-state index < -0.39 is 66.7 Å². The predicted octanol–water partition coefficient (Wildman–Crippen LogP) is 4.49. The number of ketones is 2. The highest BCUT2D eigenvalue weighted by atomic mass is 16.6. The zero-order valence-corrected chi connectivity index (χ0v) is 18.7. The van der Waals surface area contributed by atoms with Crippen molar-refractivity contribution in [1.29, 1.82) is 0 Å². The molecule has 174 valence electrons. The third kappa shape index (κ3) is 3.11. The standard InChI is InChI=1S/C27H36O5/c1-5-6-7-24(31)32-27(23(30)16-28)17(2)14-22-20-9-8-18-15-19(29)10-12-25(18,3)21(20)11-13-26(22,27)4/h10-12,15,17,20,22,28H,5-9,13-14,16H2,1-4H3/t17-,20+,22-,25-,26-,27-/m0/s1/i1D3,5D2,6D2,7D2. The Morgan fingerprint density at radius 2 is 2.16 bits per heavy atom. The number of Topliss-reactive ketones (excluding diaryl/α,β-unsaturated/α-hetero) is 1. The second-order valence-electron chi connectivity index (χ2n) is 9.86. The average molecular weight is 450 g/mol. The van der Waals surface area contributed by atoms with Gasteiger partial charge in [0.25, 0.3) is 0 Å². The first-order valence-electron chi connectivity index (χ1n) is 15.6. The minimum absolute atomic E-state index is 0.0804. The van der Waals surface area contributed by atoms with Crippen molar-refractivity contribution in [2.45, 2.75) is 78.0 Å². The summed E-state index contributed by atoms with van der Waals surface area (Å²) < 4.78 is 76.4. The third-order valence-corrected chi connectivity index (χ3v) is 8.53. The zero-order valence-electron chi connectivity index (χ0n) is 27.7. The van der Waals surface area contributed by atoms with Crippen LogP contribution in [0.3, 0.4) is 0 Å². The van der Waals surface area contributed by atoms with Crippen molar-refractivity contribution in [3.8, 4) is 0 Å². The van der Waals surface area contributed by atoms with E-state index in [0.717, 1.165) is 11.1 Å². The molecule has 0 heterocycles. The number of fused-ring (bicyclic) bond motifs is 5. The number of hydrogen-bond acceptors (Lipinski definition) is 5. The van der Waals surface area contributed by atoms with Gasteiger partial charge in [-0.05, 0) is 63.0 Å². The second-order valence-corrected chi connectivity index (χ2v) is 9.86. The summed E-state index contributed by atoms with van der Waals surface area (Å²) in [5.41, 5.74) is -1.67. The van der Waals surface area contributed by atoms with Crippen molar-refractivity contribution in [3.05, 3.63) is 35.5 Å². The summed E-state index contributed by atoms with van der Waals surface area (Å²) in [6.07, 6.45) is -2.61. The van der Waals surface area contributed by atoms with Gasteiger partial charge in [-0.3, -0.25) is 14.4 Å². The van der Waals surface area contributed by atoms with Gasteiger partial charge in [-0.25, -0.2) is 0 Å². The van der Waals surface area contributed by atoms with Gasteiger partial charge in [-0.15, -0.1) is 0 Å². The maximum absolute atomic E-state index is 13.6. The van der Waals surface area contributed by atoms with Crippen molar-refractivity contribution in [3.63, 3.8) is 0 Å². The Kier molecular flexibility index (Phi) is 3.61. The van der Waals surface area contributed by atoms with Crippen LogP contribution in [0.25, 0.3) is 0 Å². The summed E-state index contributed by atoms with van der Waals surface area (Å²) in [5, 5.41) is 10.0. The molecule has 0 aromatic heterocycles. The largest absolute Gasteiger partial charge is 0.450 e. The molecule has 0 bridgehead atoms. The molecule has 4 rings (SSSR count). The van der Waals surface area contributed by atoms with E-state index in [2.05, 4.69) is 0 Å². The Bertz CT molecular complexity index is 1270. The van der Waals surface area contributed by atoms with Gasteiger partial charge >= 0.3 is 5.97 Å². The summed E-state index contributed by atoms with van der Waals surface area (Å²) in [4.78, 5) is 39.1. The van der Waals surface area contributed by atoms with E-state index in [4.69, 9.17) is 17.1 Å². The summed E-state index contributed by atoms with van der Waals surface area (Å²) >= 11 is 0. The molecule has 0 aromatic rings. The summed E-state index contributed by atoms with van der Waals surface area (Å²) in [5.74, 6) is -3.96. The number of ether oxygens (including phenoxy) is 1. The van der Waals surface area contributed by atoms with Crippen LogP contribution >= 0.6 is 0 Å². The van der Waals surface area contributed by atoms with Gasteiger partial charge in [-0.2, -0.15) is 0 Å². The van der Waals surface area contributed by atoms with Crippen LogP contribution in [0.5, 0.6) is 0 Å². The molecule has 0 aliphatic heterocycles. The first kappa shape index (κ1) is 14.3. The minimum atomic E-state index is -3.88. The summed E-state index contributed by atoms with van der Waals surface area (Å²) in [6.45, 7) is 0.749. The smallest absolute Gasteiger partial charge is 0.306 e. The van der Waals surface area contributed by atoms with Crippen LogP contribution in [0, 0.1) is 28.6 Å². The molecular formula is C27H36O5. The van der Waals surface area contributed by atoms with Crippen molar-refractivity contribution in [1.82, 2.24) is 0 Å². The number of aliphatic hydroxyl groups excluding tert-OH is 1. The summed E-state index contributed by atoms with van der Waals surface area (Å²) in [7, 11) is 0. The van der Waals surface area contributed by atoms with Gasteiger partial charge in [0, 0.05) is 35.5 Å². The van der Waals surface area contributed by atoms with Crippen LogP contribution < -0.4 is 0 Å². The molecule has 0 unspecified atom stereocenters. The van der Waals surface area contributed by atoms with Crippen LogP contribution in [-0.2, 0) is 19.1 Å². The van der Waals surface area contributed by atoms with E-state index in [9.17, 15) is 19.5 Å². The lowest BCUT2D eigenvalue weighted by Gasteiger charge is -2.54. The highest BCUT2D eigenvalue weighted by Crippen LogP contribution is 2.67. The topological polar surface area (TPSA) is 80.7 Å². The molecule has 0 saturated heterocycles. The number of carbonyl (C=O) groups is 3. The van der Waals surface area contributed by atoms with Crippen LogP contribution in [0.1, 0.15) is 84.8 Å². The molecule has 1 N–H and O–H groups in total. The molecule has 6 atom stereocenters. The molecule has 0 aromatic carbocycles. The molecule has 4 aliphatic carbocycles. The average Bonchev–Trinajstić information content (AvgIpc) is 3.09. The molecule has 0 spiro atoms. The van der Waals surface area contributed by atoms with Crippen LogP contribution in [0.15, 0.2) is 35.5 Å². The van der Waals surface area contributed by atoms with Gasteiger partial charge < -0.3 is 9.84 Å².